The van der Waals surface area contributed by atoms with E-state index in [2.05, 4.69) is 32.1 Å². The summed E-state index contributed by atoms with van der Waals surface area (Å²) in [6.07, 6.45) is 1.27. The Kier molecular flexibility index (Phi) is 5.45. The Bertz CT molecular complexity index is 568. The van der Waals surface area contributed by atoms with Crippen LogP contribution in [0.15, 0.2) is 29.3 Å². The summed E-state index contributed by atoms with van der Waals surface area (Å²) in [4.78, 5) is 11.4. The van der Waals surface area contributed by atoms with Gasteiger partial charge in [-0.3, -0.25) is 4.99 Å². The molecule has 0 bridgehead atoms. The van der Waals surface area contributed by atoms with Crippen molar-refractivity contribution in [2.24, 2.45) is 10.9 Å². The minimum atomic E-state index is 0.360. The number of phenols is 1. The van der Waals surface area contributed by atoms with Crippen molar-refractivity contribution in [3.8, 4) is 5.75 Å². The number of phenolic OH excluding ortho intramolecular Hbond substituents is 1. The molecule has 2 aliphatic heterocycles. The van der Waals surface area contributed by atoms with Gasteiger partial charge in [0.25, 0.3) is 0 Å². The van der Waals surface area contributed by atoms with Crippen LogP contribution in [0.5, 0.6) is 5.75 Å². The quantitative estimate of drug-likeness (QED) is 0.640. The monoisotopic (exact) mass is 331 g/mol. The Balaban J connectivity index is 1.50. The highest BCUT2D eigenvalue weighted by Crippen LogP contribution is 2.27. The van der Waals surface area contributed by atoms with Crippen molar-refractivity contribution >= 4 is 11.6 Å². The predicted octanol–water partition coefficient (Wildman–Crippen LogP) is 1.04. The number of rotatable bonds is 3. The van der Waals surface area contributed by atoms with Crippen LogP contribution in [0.4, 0.5) is 5.69 Å². The largest absolute Gasteiger partial charge is 0.506 e. The molecule has 2 heterocycles. The number of aromatic hydroxyl groups is 1. The number of hydrogen-bond donors (Lipinski definition) is 2. The van der Waals surface area contributed by atoms with E-state index in [0.717, 1.165) is 44.4 Å². The van der Waals surface area contributed by atoms with Crippen LogP contribution in [0.1, 0.15) is 6.42 Å². The van der Waals surface area contributed by atoms with Gasteiger partial charge < -0.3 is 25.1 Å². The lowest BCUT2D eigenvalue weighted by Gasteiger charge is -2.38. The summed E-state index contributed by atoms with van der Waals surface area (Å²) >= 11 is 0. The van der Waals surface area contributed by atoms with Gasteiger partial charge in [-0.15, -0.1) is 0 Å². The van der Waals surface area contributed by atoms with E-state index in [4.69, 9.17) is 0 Å². The van der Waals surface area contributed by atoms with Gasteiger partial charge in [-0.1, -0.05) is 12.1 Å². The van der Waals surface area contributed by atoms with Crippen molar-refractivity contribution in [2.75, 3.05) is 64.8 Å². The van der Waals surface area contributed by atoms with Gasteiger partial charge in [-0.25, -0.2) is 0 Å². The molecule has 0 radical (unpaired) electrons. The van der Waals surface area contributed by atoms with Crippen LogP contribution in [0.25, 0.3) is 0 Å². The van der Waals surface area contributed by atoms with Crippen LogP contribution in [-0.2, 0) is 0 Å². The molecule has 0 saturated carbocycles. The molecule has 0 amide bonds. The Morgan fingerprint density at radius 2 is 1.96 bits per heavy atom. The second-order valence-corrected chi connectivity index (χ2v) is 6.81. The van der Waals surface area contributed by atoms with Gasteiger partial charge in [-0.05, 0) is 38.1 Å². The molecule has 0 aliphatic carbocycles. The standard InChI is InChI=1S/C18H29N5O/c1-19-18(20-13-15-7-8-21(2)14-15)23-11-9-22(10-12-23)16-5-3-4-6-17(16)24/h3-6,15,24H,7-14H2,1-2H3,(H,19,20). The molecule has 0 aromatic heterocycles. The van der Waals surface area contributed by atoms with Crippen molar-refractivity contribution < 1.29 is 5.11 Å². The molecule has 132 valence electrons. The van der Waals surface area contributed by atoms with Crippen molar-refractivity contribution in [3.05, 3.63) is 24.3 Å². The average Bonchev–Trinajstić information content (AvgIpc) is 3.02. The van der Waals surface area contributed by atoms with E-state index >= 15 is 0 Å². The number of hydrogen-bond acceptors (Lipinski definition) is 4. The summed E-state index contributed by atoms with van der Waals surface area (Å²) in [5.41, 5.74) is 0.925. The topological polar surface area (TPSA) is 54.3 Å². The number of nitrogens with one attached hydrogen (secondary N) is 1. The van der Waals surface area contributed by atoms with Crippen LogP contribution in [0.2, 0.25) is 0 Å². The number of piperazine rings is 1. The third kappa shape index (κ3) is 3.93. The molecule has 2 N–H and O–H groups in total. The zero-order chi connectivity index (χ0) is 16.9. The second kappa shape index (κ2) is 7.75. The molecular weight excluding hydrogens is 302 g/mol. The maximum absolute atomic E-state index is 10.0. The van der Waals surface area contributed by atoms with E-state index in [-0.39, 0.29) is 0 Å². The third-order valence-electron chi connectivity index (χ3n) is 5.05. The molecule has 1 aromatic carbocycles. The molecule has 2 saturated heterocycles. The number of guanidine groups is 1. The van der Waals surface area contributed by atoms with Crippen LogP contribution in [0.3, 0.4) is 0 Å². The lowest BCUT2D eigenvalue weighted by Crippen LogP contribution is -2.53. The molecular formula is C18H29N5O. The molecule has 6 heteroatoms. The summed E-state index contributed by atoms with van der Waals surface area (Å²) in [6.45, 7) is 6.98. The first-order chi connectivity index (χ1) is 11.7. The van der Waals surface area contributed by atoms with E-state index in [9.17, 15) is 5.11 Å². The average molecular weight is 331 g/mol. The minimum absolute atomic E-state index is 0.360. The molecule has 0 spiro atoms. The predicted molar refractivity (Wildman–Crippen MR) is 98.9 cm³/mol. The van der Waals surface area contributed by atoms with Crippen molar-refractivity contribution in [3.63, 3.8) is 0 Å². The van der Waals surface area contributed by atoms with Crippen LogP contribution >= 0.6 is 0 Å². The number of para-hydroxylation sites is 2. The fraction of sp³-hybridized carbons (Fsp3) is 0.611. The lowest BCUT2D eigenvalue weighted by atomic mass is 10.1. The van der Waals surface area contributed by atoms with Gasteiger partial charge in [0, 0.05) is 46.3 Å². The van der Waals surface area contributed by atoms with Crippen LogP contribution < -0.4 is 10.2 Å². The molecule has 24 heavy (non-hydrogen) atoms. The molecule has 1 aromatic rings. The SMILES string of the molecule is CN=C(NCC1CCN(C)C1)N1CCN(c2ccccc2O)CC1. The summed E-state index contributed by atoms with van der Waals surface area (Å²) in [6, 6.07) is 7.57. The lowest BCUT2D eigenvalue weighted by molar-refractivity contribution is 0.361. The fourth-order valence-corrected chi connectivity index (χ4v) is 3.65. The van der Waals surface area contributed by atoms with Gasteiger partial charge >= 0.3 is 0 Å². The first kappa shape index (κ1) is 16.9. The van der Waals surface area contributed by atoms with Crippen LogP contribution in [-0.4, -0.2) is 80.8 Å². The summed E-state index contributed by atoms with van der Waals surface area (Å²) in [5, 5.41) is 13.6. The third-order valence-corrected chi connectivity index (χ3v) is 5.05. The Morgan fingerprint density at radius 1 is 1.21 bits per heavy atom. The van der Waals surface area contributed by atoms with E-state index in [1.54, 1.807) is 6.07 Å². The zero-order valence-corrected chi connectivity index (χ0v) is 14.8. The van der Waals surface area contributed by atoms with Crippen molar-refractivity contribution in [1.82, 2.24) is 15.1 Å². The molecule has 1 atom stereocenters. The maximum atomic E-state index is 10.0. The fourth-order valence-electron chi connectivity index (χ4n) is 3.65. The van der Waals surface area contributed by atoms with Gasteiger partial charge in [0.05, 0.1) is 5.69 Å². The van der Waals surface area contributed by atoms with Gasteiger partial charge in [0.15, 0.2) is 5.96 Å². The Morgan fingerprint density at radius 3 is 2.58 bits per heavy atom. The second-order valence-electron chi connectivity index (χ2n) is 6.81. The van der Waals surface area contributed by atoms with Gasteiger partial charge in [-0.2, -0.15) is 0 Å². The summed E-state index contributed by atoms with van der Waals surface area (Å²) < 4.78 is 0. The Labute approximate surface area is 144 Å². The highest BCUT2D eigenvalue weighted by Gasteiger charge is 2.23. The number of likely N-dealkylation sites (tertiary alicyclic amines) is 1. The zero-order valence-electron chi connectivity index (χ0n) is 14.8. The number of nitrogens with zero attached hydrogens (tertiary/aromatic N) is 4. The number of aliphatic imine (C=N–C) groups is 1. The highest BCUT2D eigenvalue weighted by atomic mass is 16.3. The molecule has 6 nitrogen and oxygen atoms in total. The van der Waals surface area contributed by atoms with Gasteiger partial charge in [0.2, 0.25) is 0 Å². The van der Waals surface area contributed by atoms with E-state index in [1.165, 1.54) is 19.5 Å². The van der Waals surface area contributed by atoms with Gasteiger partial charge in [0.1, 0.15) is 5.75 Å². The molecule has 3 rings (SSSR count). The van der Waals surface area contributed by atoms with E-state index < -0.39 is 0 Å². The number of anilines is 1. The van der Waals surface area contributed by atoms with E-state index in [1.807, 2.05) is 25.2 Å². The van der Waals surface area contributed by atoms with Crippen molar-refractivity contribution in [1.29, 1.82) is 0 Å². The normalized spacial score (nSPS) is 22.9. The molecule has 2 aliphatic rings. The summed E-state index contributed by atoms with van der Waals surface area (Å²) in [7, 11) is 4.05. The van der Waals surface area contributed by atoms with Crippen LogP contribution in [0, 0.1) is 5.92 Å². The summed E-state index contributed by atoms with van der Waals surface area (Å²) in [5.74, 6) is 2.08. The number of benzene rings is 1. The first-order valence-electron chi connectivity index (χ1n) is 8.84. The Hall–Kier alpha value is -1.95. The first-order valence-corrected chi connectivity index (χ1v) is 8.84. The molecule has 2 fully saturated rings. The van der Waals surface area contributed by atoms with Crippen molar-refractivity contribution in [2.45, 2.75) is 6.42 Å². The highest BCUT2D eigenvalue weighted by molar-refractivity contribution is 5.80. The maximum Gasteiger partial charge on any atom is 0.193 e. The minimum Gasteiger partial charge on any atom is -0.506 e. The van der Waals surface area contributed by atoms with E-state index in [0.29, 0.717) is 11.7 Å². The molecule has 1 unspecified atom stereocenters. The smallest absolute Gasteiger partial charge is 0.193 e.